The number of anilines is 1. The highest BCUT2D eigenvalue weighted by Crippen LogP contribution is 2.17. The fourth-order valence-corrected chi connectivity index (χ4v) is 2.40. The molecule has 5 nitrogen and oxygen atoms in total. The fourth-order valence-electron chi connectivity index (χ4n) is 2.22. The van der Waals surface area contributed by atoms with Crippen LogP contribution < -0.4 is 10.1 Å². The van der Waals surface area contributed by atoms with Crippen molar-refractivity contribution in [1.29, 1.82) is 0 Å². The predicted octanol–water partition coefficient (Wildman–Crippen LogP) is 3.49. The van der Waals surface area contributed by atoms with E-state index in [0.717, 1.165) is 0 Å². The molecule has 0 fully saturated rings. The number of nitrogens with zero attached hydrogens (tertiary/aromatic N) is 1. The Balaban J connectivity index is 1.76. The van der Waals surface area contributed by atoms with Crippen molar-refractivity contribution in [2.75, 3.05) is 32.1 Å². The lowest BCUT2D eigenvalue weighted by Gasteiger charge is -2.17. The number of hydrogen-bond donors (Lipinski definition) is 1. The lowest BCUT2D eigenvalue weighted by molar-refractivity contribution is -0.117. The number of benzene rings is 2. The van der Waals surface area contributed by atoms with E-state index in [1.807, 2.05) is 24.1 Å². The first-order chi connectivity index (χ1) is 11.9. The van der Waals surface area contributed by atoms with E-state index in [2.05, 4.69) is 5.32 Å². The maximum atomic E-state index is 12.1. The molecule has 6 heteroatoms. The Labute approximate surface area is 152 Å². The van der Waals surface area contributed by atoms with Gasteiger partial charge < -0.3 is 10.1 Å². The molecule has 2 aromatic rings. The summed E-state index contributed by atoms with van der Waals surface area (Å²) in [5.41, 5.74) is 1.18. The van der Waals surface area contributed by atoms with Crippen molar-refractivity contribution < 1.29 is 14.3 Å². The van der Waals surface area contributed by atoms with E-state index in [0.29, 0.717) is 35.2 Å². The third kappa shape index (κ3) is 6.57. The zero-order chi connectivity index (χ0) is 18.2. The SMILES string of the molecule is CC(=O)c1cccc(NC(=O)CN(C)CCOc2cccc(Cl)c2)c1. The predicted molar refractivity (Wildman–Crippen MR) is 99.5 cm³/mol. The van der Waals surface area contributed by atoms with Crippen molar-refractivity contribution in [2.45, 2.75) is 6.92 Å². The van der Waals surface area contributed by atoms with Gasteiger partial charge in [0.05, 0.1) is 6.54 Å². The molecular weight excluding hydrogens is 340 g/mol. The molecular formula is C19H21ClN2O3. The van der Waals surface area contributed by atoms with E-state index in [-0.39, 0.29) is 18.2 Å². The first-order valence-corrected chi connectivity index (χ1v) is 8.29. The third-order valence-corrected chi connectivity index (χ3v) is 3.74. The summed E-state index contributed by atoms with van der Waals surface area (Å²) >= 11 is 5.90. The Morgan fingerprint density at radius 3 is 2.64 bits per heavy atom. The zero-order valence-electron chi connectivity index (χ0n) is 14.3. The molecule has 0 spiro atoms. The van der Waals surface area contributed by atoms with Gasteiger partial charge in [-0.3, -0.25) is 14.5 Å². The molecule has 132 valence electrons. The number of halogens is 1. The van der Waals surface area contributed by atoms with E-state index in [9.17, 15) is 9.59 Å². The Morgan fingerprint density at radius 1 is 1.16 bits per heavy atom. The number of ether oxygens (including phenoxy) is 1. The summed E-state index contributed by atoms with van der Waals surface area (Å²) in [6.45, 7) is 2.76. The van der Waals surface area contributed by atoms with E-state index < -0.39 is 0 Å². The van der Waals surface area contributed by atoms with Crippen LogP contribution in [0.15, 0.2) is 48.5 Å². The minimum atomic E-state index is -0.147. The van der Waals surface area contributed by atoms with E-state index in [4.69, 9.17) is 16.3 Å². The van der Waals surface area contributed by atoms with Crippen LogP contribution in [0.3, 0.4) is 0 Å². The topological polar surface area (TPSA) is 58.6 Å². The number of hydrogen-bond acceptors (Lipinski definition) is 4. The van der Waals surface area contributed by atoms with Gasteiger partial charge in [-0.15, -0.1) is 0 Å². The lowest BCUT2D eigenvalue weighted by Crippen LogP contribution is -2.33. The standard InChI is InChI=1S/C19H21ClN2O3/c1-14(23)15-5-3-7-17(11-15)21-19(24)13-22(2)9-10-25-18-8-4-6-16(20)12-18/h3-8,11-12H,9-10,13H2,1-2H3,(H,21,24). The van der Waals surface area contributed by atoms with Crippen LogP contribution in [0.5, 0.6) is 5.75 Å². The van der Waals surface area contributed by atoms with Gasteiger partial charge in [0.2, 0.25) is 5.91 Å². The zero-order valence-corrected chi connectivity index (χ0v) is 15.0. The summed E-state index contributed by atoms with van der Waals surface area (Å²) in [5, 5.41) is 3.42. The average Bonchev–Trinajstić information content (AvgIpc) is 2.55. The van der Waals surface area contributed by atoms with Gasteiger partial charge >= 0.3 is 0 Å². The number of ketones is 1. The van der Waals surface area contributed by atoms with Crippen LogP contribution in [0.4, 0.5) is 5.69 Å². The largest absolute Gasteiger partial charge is 0.492 e. The van der Waals surface area contributed by atoms with Crippen molar-refractivity contribution in [3.63, 3.8) is 0 Å². The number of amides is 1. The maximum absolute atomic E-state index is 12.1. The lowest BCUT2D eigenvalue weighted by atomic mass is 10.1. The normalized spacial score (nSPS) is 10.6. The summed E-state index contributed by atoms with van der Waals surface area (Å²) < 4.78 is 5.60. The molecule has 0 aromatic heterocycles. The molecule has 0 saturated carbocycles. The van der Waals surface area contributed by atoms with Crippen molar-refractivity contribution in [2.24, 2.45) is 0 Å². The number of nitrogens with one attached hydrogen (secondary N) is 1. The highest BCUT2D eigenvalue weighted by molar-refractivity contribution is 6.30. The van der Waals surface area contributed by atoms with Gasteiger partial charge in [0, 0.05) is 22.8 Å². The minimum absolute atomic E-state index is 0.0358. The van der Waals surface area contributed by atoms with Gasteiger partial charge in [-0.05, 0) is 44.3 Å². The number of carbonyl (C=O) groups is 2. The number of likely N-dealkylation sites (N-methyl/N-ethyl adjacent to an activating group) is 1. The monoisotopic (exact) mass is 360 g/mol. The second kappa shape index (κ2) is 9.20. The van der Waals surface area contributed by atoms with Gasteiger partial charge in [0.25, 0.3) is 0 Å². The highest BCUT2D eigenvalue weighted by Gasteiger charge is 2.08. The van der Waals surface area contributed by atoms with Gasteiger partial charge in [-0.25, -0.2) is 0 Å². The van der Waals surface area contributed by atoms with Crippen LogP contribution in [-0.2, 0) is 4.79 Å². The number of Topliss-reactive ketones (excluding diaryl/α,β-unsaturated/α-hetero) is 1. The molecule has 0 radical (unpaired) electrons. The molecule has 0 aliphatic rings. The van der Waals surface area contributed by atoms with Crippen LogP contribution in [0.1, 0.15) is 17.3 Å². The van der Waals surface area contributed by atoms with Gasteiger partial charge in [0.1, 0.15) is 12.4 Å². The molecule has 0 unspecified atom stereocenters. The fraction of sp³-hybridized carbons (Fsp3) is 0.263. The quantitative estimate of drug-likeness (QED) is 0.732. The first kappa shape index (κ1) is 19.0. The number of rotatable bonds is 8. The summed E-state index contributed by atoms with van der Waals surface area (Å²) in [5.74, 6) is 0.517. The Bertz CT molecular complexity index is 749. The van der Waals surface area contributed by atoms with Crippen LogP contribution >= 0.6 is 11.6 Å². The second-order valence-electron chi connectivity index (χ2n) is 5.73. The summed E-state index contributed by atoms with van der Waals surface area (Å²) in [4.78, 5) is 25.3. The molecule has 0 atom stereocenters. The molecule has 0 bridgehead atoms. The summed E-state index contributed by atoms with van der Waals surface area (Å²) in [7, 11) is 1.84. The van der Waals surface area contributed by atoms with E-state index in [1.165, 1.54) is 6.92 Å². The second-order valence-corrected chi connectivity index (χ2v) is 6.17. The van der Waals surface area contributed by atoms with Gasteiger partial charge in [0.15, 0.2) is 5.78 Å². The van der Waals surface area contributed by atoms with E-state index >= 15 is 0 Å². The molecule has 1 amide bonds. The smallest absolute Gasteiger partial charge is 0.238 e. The molecule has 0 saturated heterocycles. The number of carbonyl (C=O) groups excluding carboxylic acids is 2. The van der Waals surface area contributed by atoms with Crippen LogP contribution in [0.2, 0.25) is 5.02 Å². The molecule has 0 heterocycles. The van der Waals surface area contributed by atoms with Gasteiger partial charge in [-0.2, -0.15) is 0 Å². The minimum Gasteiger partial charge on any atom is -0.492 e. The summed E-state index contributed by atoms with van der Waals surface area (Å²) in [6, 6.07) is 14.1. The molecule has 2 aromatic carbocycles. The highest BCUT2D eigenvalue weighted by atomic mass is 35.5. The molecule has 1 N–H and O–H groups in total. The summed E-state index contributed by atoms with van der Waals surface area (Å²) in [6.07, 6.45) is 0. The van der Waals surface area contributed by atoms with Gasteiger partial charge in [-0.1, -0.05) is 29.8 Å². The van der Waals surface area contributed by atoms with Crippen LogP contribution in [-0.4, -0.2) is 43.3 Å². The molecule has 2 rings (SSSR count). The Hall–Kier alpha value is -2.37. The molecule has 0 aliphatic heterocycles. The van der Waals surface area contributed by atoms with Crippen molar-refractivity contribution >= 4 is 29.0 Å². The Morgan fingerprint density at radius 2 is 1.92 bits per heavy atom. The third-order valence-electron chi connectivity index (χ3n) is 3.50. The maximum Gasteiger partial charge on any atom is 0.238 e. The average molecular weight is 361 g/mol. The van der Waals surface area contributed by atoms with Crippen LogP contribution in [0, 0.1) is 0 Å². The van der Waals surface area contributed by atoms with Crippen LogP contribution in [0.25, 0.3) is 0 Å². The van der Waals surface area contributed by atoms with Crippen molar-refractivity contribution in [3.8, 4) is 5.75 Å². The van der Waals surface area contributed by atoms with Crippen molar-refractivity contribution in [1.82, 2.24) is 4.90 Å². The Kier molecular flexibility index (Phi) is 6.98. The van der Waals surface area contributed by atoms with Crippen molar-refractivity contribution in [3.05, 3.63) is 59.1 Å². The molecule has 25 heavy (non-hydrogen) atoms. The van der Waals surface area contributed by atoms with E-state index in [1.54, 1.807) is 36.4 Å². The first-order valence-electron chi connectivity index (χ1n) is 7.92. The molecule has 0 aliphatic carbocycles.